The molecule has 33 heavy (non-hydrogen) atoms. The van der Waals surface area contributed by atoms with Gasteiger partial charge >= 0.3 is 11.8 Å². The largest absolute Gasteiger partial charge is 0.454 e. The van der Waals surface area contributed by atoms with Gasteiger partial charge in [0.1, 0.15) is 5.82 Å². The number of piperazine rings is 1. The summed E-state index contributed by atoms with van der Waals surface area (Å²) < 4.78 is 24.2. The molecule has 0 unspecified atom stereocenters. The quantitative estimate of drug-likeness (QED) is 0.648. The Balaban J connectivity index is 1.46. The SMILES string of the molecule is CC(C)NC(=O)C(=O)NC[C@H](c1ccc2c(c1)OCO2)N1CCN(c2ccc(F)cc2)CC1. The van der Waals surface area contributed by atoms with Crippen LogP contribution >= 0.6 is 0 Å². The van der Waals surface area contributed by atoms with Crippen molar-refractivity contribution in [1.29, 1.82) is 0 Å². The Morgan fingerprint density at radius 1 is 0.970 bits per heavy atom. The van der Waals surface area contributed by atoms with Gasteiger partial charge in [0.05, 0.1) is 6.04 Å². The van der Waals surface area contributed by atoms with Gasteiger partial charge in [-0.2, -0.15) is 0 Å². The van der Waals surface area contributed by atoms with Gasteiger partial charge in [0, 0.05) is 44.5 Å². The van der Waals surface area contributed by atoms with Crippen LogP contribution in [0.25, 0.3) is 0 Å². The van der Waals surface area contributed by atoms with Crippen molar-refractivity contribution in [2.75, 3.05) is 44.4 Å². The highest BCUT2D eigenvalue weighted by molar-refractivity contribution is 6.35. The van der Waals surface area contributed by atoms with Gasteiger partial charge in [-0.05, 0) is 55.8 Å². The van der Waals surface area contributed by atoms with E-state index in [1.54, 1.807) is 26.0 Å². The zero-order valence-electron chi connectivity index (χ0n) is 18.8. The van der Waals surface area contributed by atoms with Crippen molar-refractivity contribution in [2.45, 2.75) is 25.9 Å². The fourth-order valence-electron chi connectivity index (χ4n) is 4.12. The molecular weight excluding hydrogens is 427 g/mol. The molecule has 2 amide bonds. The highest BCUT2D eigenvalue weighted by Gasteiger charge is 2.28. The monoisotopic (exact) mass is 456 g/mol. The number of ether oxygens (including phenoxy) is 2. The molecule has 2 aromatic rings. The molecule has 0 saturated carbocycles. The first-order chi connectivity index (χ1) is 15.9. The molecular formula is C24H29FN4O4. The number of hydrogen-bond donors (Lipinski definition) is 2. The van der Waals surface area contributed by atoms with E-state index in [-0.39, 0.29) is 31.2 Å². The van der Waals surface area contributed by atoms with E-state index >= 15 is 0 Å². The van der Waals surface area contributed by atoms with E-state index in [0.717, 1.165) is 37.4 Å². The van der Waals surface area contributed by atoms with Crippen LogP contribution in [0.3, 0.4) is 0 Å². The molecule has 1 saturated heterocycles. The molecule has 4 rings (SSSR count). The minimum atomic E-state index is -0.653. The van der Waals surface area contributed by atoms with Crippen LogP contribution < -0.4 is 25.0 Å². The van der Waals surface area contributed by atoms with Crippen molar-refractivity contribution in [1.82, 2.24) is 15.5 Å². The molecule has 2 aliphatic heterocycles. The Labute approximate surface area is 192 Å². The minimum Gasteiger partial charge on any atom is -0.454 e. The molecule has 1 fully saturated rings. The van der Waals surface area contributed by atoms with Crippen molar-refractivity contribution >= 4 is 17.5 Å². The summed E-state index contributed by atoms with van der Waals surface area (Å²) in [5, 5.41) is 5.39. The number of carbonyl (C=O) groups excluding carboxylic acids is 2. The maximum absolute atomic E-state index is 13.3. The van der Waals surface area contributed by atoms with Gasteiger partial charge in [0.15, 0.2) is 11.5 Å². The second-order valence-electron chi connectivity index (χ2n) is 8.47. The number of anilines is 1. The van der Waals surface area contributed by atoms with E-state index in [4.69, 9.17) is 9.47 Å². The van der Waals surface area contributed by atoms with Crippen LogP contribution in [0, 0.1) is 5.82 Å². The van der Waals surface area contributed by atoms with Gasteiger partial charge < -0.3 is 25.0 Å². The standard InChI is InChI=1S/C24H29FN4O4/c1-16(2)27-24(31)23(30)26-14-20(17-3-8-21-22(13-17)33-15-32-21)29-11-9-28(10-12-29)19-6-4-18(25)5-7-19/h3-8,13,16,20H,9-12,14-15H2,1-2H3,(H,26,30)(H,27,31)/t20-/m1/s1. The van der Waals surface area contributed by atoms with Gasteiger partial charge in [0.2, 0.25) is 6.79 Å². The minimum absolute atomic E-state index is 0.118. The first-order valence-corrected chi connectivity index (χ1v) is 11.1. The fourth-order valence-corrected chi connectivity index (χ4v) is 4.12. The Morgan fingerprint density at radius 3 is 2.36 bits per heavy atom. The average Bonchev–Trinajstić information content (AvgIpc) is 3.28. The molecule has 2 heterocycles. The van der Waals surface area contributed by atoms with Crippen LogP contribution in [-0.2, 0) is 9.59 Å². The lowest BCUT2D eigenvalue weighted by atomic mass is 10.0. The van der Waals surface area contributed by atoms with Crippen molar-refractivity contribution in [2.24, 2.45) is 0 Å². The Hall–Kier alpha value is -3.33. The summed E-state index contributed by atoms with van der Waals surface area (Å²) in [6.07, 6.45) is 0. The smallest absolute Gasteiger partial charge is 0.309 e. The van der Waals surface area contributed by atoms with Gasteiger partial charge in [-0.3, -0.25) is 14.5 Å². The zero-order valence-corrected chi connectivity index (χ0v) is 18.8. The predicted molar refractivity (Wildman–Crippen MR) is 122 cm³/mol. The van der Waals surface area contributed by atoms with E-state index in [0.29, 0.717) is 11.5 Å². The molecule has 2 aromatic carbocycles. The predicted octanol–water partition coefficient (Wildman–Crippen LogP) is 2.06. The summed E-state index contributed by atoms with van der Waals surface area (Å²) in [7, 11) is 0. The van der Waals surface area contributed by atoms with Crippen molar-refractivity contribution in [3.05, 3.63) is 53.8 Å². The first kappa shape index (κ1) is 22.8. The molecule has 176 valence electrons. The second-order valence-corrected chi connectivity index (χ2v) is 8.47. The third-order valence-electron chi connectivity index (χ3n) is 5.81. The lowest BCUT2D eigenvalue weighted by Gasteiger charge is -2.40. The zero-order chi connectivity index (χ0) is 23.4. The van der Waals surface area contributed by atoms with Crippen molar-refractivity contribution in [3.63, 3.8) is 0 Å². The average molecular weight is 457 g/mol. The Morgan fingerprint density at radius 2 is 1.67 bits per heavy atom. The van der Waals surface area contributed by atoms with Crippen molar-refractivity contribution < 1.29 is 23.5 Å². The lowest BCUT2D eigenvalue weighted by Crippen LogP contribution is -2.51. The summed E-state index contributed by atoms with van der Waals surface area (Å²) in [6, 6.07) is 12.0. The number of nitrogens with one attached hydrogen (secondary N) is 2. The Bertz CT molecular complexity index is 990. The lowest BCUT2D eigenvalue weighted by molar-refractivity contribution is -0.139. The number of rotatable bonds is 6. The molecule has 0 bridgehead atoms. The number of fused-ring (bicyclic) bond motifs is 1. The van der Waals surface area contributed by atoms with E-state index in [2.05, 4.69) is 20.4 Å². The highest BCUT2D eigenvalue weighted by Crippen LogP contribution is 2.35. The normalized spacial score (nSPS) is 16.5. The van der Waals surface area contributed by atoms with Crippen LogP contribution in [0.15, 0.2) is 42.5 Å². The number of carbonyl (C=O) groups is 2. The molecule has 0 aromatic heterocycles. The van der Waals surface area contributed by atoms with Crippen molar-refractivity contribution in [3.8, 4) is 11.5 Å². The van der Waals surface area contributed by atoms with Gasteiger partial charge in [0.25, 0.3) is 0 Å². The summed E-state index contributed by atoms with van der Waals surface area (Å²) in [5.74, 6) is -0.183. The summed E-state index contributed by atoms with van der Waals surface area (Å²) in [4.78, 5) is 28.9. The summed E-state index contributed by atoms with van der Waals surface area (Å²) >= 11 is 0. The molecule has 2 N–H and O–H groups in total. The van der Waals surface area contributed by atoms with E-state index in [1.165, 1.54) is 12.1 Å². The number of benzene rings is 2. The summed E-state index contributed by atoms with van der Waals surface area (Å²) in [5.41, 5.74) is 1.95. The van der Waals surface area contributed by atoms with Crippen LogP contribution in [0.5, 0.6) is 11.5 Å². The first-order valence-electron chi connectivity index (χ1n) is 11.1. The van der Waals surface area contributed by atoms with Gasteiger partial charge in [-0.1, -0.05) is 6.07 Å². The third kappa shape index (κ3) is 5.54. The summed E-state index contributed by atoms with van der Waals surface area (Å²) in [6.45, 7) is 7.08. The molecule has 2 aliphatic rings. The van der Waals surface area contributed by atoms with Crippen LogP contribution in [0.4, 0.5) is 10.1 Å². The van der Waals surface area contributed by atoms with Gasteiger partial charge in [-0.25, -0.2) is 4.39 Å². The van der Waals surface area contributed by atoms with E-state index < -0.39 is 11.8 Å². The van der Waals surface area contributed by atoms with Crippen LogP contribution in [-0.4, -0.2) is 62.3 Å². The topological polar surface area (TPSA) is 83.1 Å². The molecule has 0 radical (unpaired) electrons. The molecule has 8 nitrogen and oxygen atoms in total. The number of hydrogen-bond acceptors (Lipinski definition) is 6. The molecule has 1 atom stereocenters. The van der Waals surface area contributed by atoms with E-state index in [9.17, 15) is 14.0 Å². The fraction of sp³-hybridized carbons (Fsp3) is 0.417. The highest BCUT2D eigenvalue weighted by atomic mass is 19.1. The Kier molecular flexibility index (Phi) is 6.98. The van der Waals surface area contributed by atoms with Crippen LogP contribution in [0.2, 0.25) is 0 Å². The maximum Gasteiger partial charge on any atom is 0.309 e. The number of nitrogens with zero attached hydrogens (tertiary/aromatic N) is 2. The molecule has 9 heteroatoms. The third-order valence-corrected chi connectivity index (χ3v) is 5.81. The number of halogens is 1. The second kappa shape index (κ2) is 10.1. The van der Waals surface area contributed by atoms with E-state index in [1.807, 2.05) is 18.2 Å². The van der Waals surface area contributed by atoms with Crippen LogP contribution in [0.1, 0.15) is 25.5 Å². The number of amides is 2. The maximum atomic E-state index is 13.3. The molecule has 0 spiro atoms. The molecule has 0 aliphatic carbocycles. The van der Waals surface area contributed by atoms with Gasteiger partial charge in [-0.15, -0.1) is 0 Å².